The van der Waals surface area contributed by atoms with Crippen molar-refractivity contribution >= 4 is 18.2 Å². The summed E-state index contributed by atoms with van der Waals surface area (Å²) in [4.78, 5) is 34.5. The molecule has 0 aromatic carbocycles. The molecule has 0 spiro atoms. The summed E-state index contributed by atoms with van der Waals surface area (Å²) >= 11 is 0. The Labute approximate surface area is 130 Å². The highest BCUT2D eigenvalue weighted by Gasteiger charge is 2.30. The van der Waals surface area contributed by atoms with Crippen molar-refractivity contribution in [2.45, 2.75) is 71.8 Å². The summed E-state index contributed by atoms with van der Waals surface area (Å²) in [5.74, 6) is -1.30. The lowest BCUT2D eigenvalue weighted by Gasteiger charge is -2.26. The van der Waals surface area contributed by atoms with Crippen molar-refractivity contribution in [3.05, 3.63) is 0 Å². The summed E-state index contributed by atoms with van der Waals surface area (Å²) in [5.41, 5.74) is -1.46. The van der Waals surface area contributed by atoms with Crippen LogP contribution in [0.25, 0.3) is 0 Å². The Morgan fingerprint density at radius 3 is 1.55 bits per heavy atom. The van der Waals surface area contributed by atoms with Gasteiger partial charge in [-0.05, 0) is 48.5 Å². The third-order valence-electron chi connectivity index (χ3n) is 2.18. The van der Waals surface area contributed by atoms with Gasteiger partial charge in [0.15, 0.2) is 0 Å². The first kappa shape index (κ1) is 20.0. The lowest BCUT2D eigenvalue weighted by molar-refractivity contribution is -0.140. The van der Waals surface area contributed by atoms with E-state index in [4.69, 9.17) is 9.47 Å². The second-order valence-corrected chi connectivity index (χ2v) is 6.90. The zero-order valence-electron chi connectivity index (χ0n) is 14.1. The van der Waals surface area contributed by atoms with E-state index in [1.54, 1.807) is 41.5 Å². The summed E-state index contributed by atoms with van der Waals surface area (Å²) in [6, 6.07) is -2.23. The highest BCUT2D eigenvalue weighted by atomic mass is 16.6. The molecule has 0 saturated carbocycles. The van der Waals surface area contributed by atoms with Crippen LogP contribution in [0.3, 0.4) is 0 Å². The minimum Gasteiger partial charge on any atom is -0.480 e. The number of aliphatic carboxylic acids is 1. The molecular weight excluding hydrogens is 292 g/mol. The number of hydrogen-bond donors (Lipinski definition) is 3. The molecule has 0 bridgehead atoms. The van der Waals surface area contributed by atoms with E-state index in [0.717, 1.165) is 0 Å². The number of alkyl carbamates (subject to hydrolysis) is 2. The minimum atomic E-state index is -1.35. The van der Waals surface area contributed by atoms with Crippen LogP contribution in [0.2, 0.25) is 0 Å². The molecule has 0 unspecified atom stereocenters. The third kappa shape index (κ3) is 9.04. The summed E-state index contributed by atoms with van der Waals surface area (Å²) in [7, 11) is 0. The molecule has 22 heavy (non-hydrogen) atoms. The molecule has 0 fully saturated rings. The Balaban J connectivity index is 4.72. The van der Waals surface area contributed by atoms with Crippen LogP contribution in [-0.4, -0.2) is 46.5 Å². The molecule has 3 N–H and O–H groups in total. The predicted molar refractivity (Wildman–Crippen MR) is 79.6 cm³/mol. The normalized spacial score (nSPS) is 14.5. The zero-order chi connectivity index (χ0) is 17.7. The van der Waals surface area contributed by atoms with Crippen LogP contribution in [0.1, 0.15) is 48.5 Å². The molecule has 0 saturated heterocycles. The summed E-state index contributed by atoms with van der Waals surface area (Å²) in [6.45, 7) is 11.5. The second-order valence-electron chi connectivity index (χ2n) is 6.90. The van der Waals surface area contributed by atoms with Gasteiger partial charge in [-0.25, -0.2) is 14.4 Å². The van der Waals surface area contributed by atoms with E-state index >= 15 is 0 Å². The van der Waals surface area contributed by atoms with Gasteiger partial charge in [0.2, 0.25) is 0 Å². The van der Waals surface area contributed by atoms with E-state index in [9.17, 15) is 19.5 Å². The van der Waals surface area contributed by atoms with Gasteiger partial charge < -0.3 is 25.2 Å². The maximum absolute atomic E-state index is 11.7. The van der Waals surface area contributed by atoms with Gasteiger partial charge >= 0.3 is 18.2 Å². The van der Waals surface area contributed by atoms with Gasteiger partial charge in [0.1, 0.15) is 17.2 Å². The number of rotatable bonds is 4. The summed E-state index contributed by atoms with van der Waals surface area (Å²) < 4.78 is 10.0. The highest BCUT2D eigenvalue weighted by Crippen LogP contribution is 2.09. The van der Waals surface area contributed by atoms with E-state index in [0.29, 0.717) is 0 Å². The highest BCUT2D eigenvalue weighted by molar-refractivity contribution is 5.81. The first-order valence-electron chi connectivity index (χ1n) is 6.93. The monoisotopic (exact) mass is 318 g/mol. The first-order chi connectivity index (χ1) is 9.71. The average Bonchev–Trinajstić information content (AvgIpc) is 2.19. The van der Waals surface area contributed by atoms with Crippen molar-refractivity contribution in [1.82, 2.24) is 10.6 Å². The molecule has 2 amide bonds. The van der Waals surface area contributed by atoms with Gasteiger partial charge in [0.05, 0.1) is 6.04 Å². The van der Waals surface area contributed by atoms with E-state index in [2.05, 4.69) is 10.6 Å². The molecule has 0 aliphatic carbocycles. The van der Waals surface area contributed by atoms with Crippen molar-refractivity contribution in [1.29, 1.82) is 0 Å². The van der Waals surface area contributed by atoms with Crippen LogP contribution < -0.4 is 10.6 Å². The van der Waals surface area contributed by atoms with Gasteiger partial charge in [-0.1, -0.05) is 0 Å². The number of nitrogens with one attached hydrogen (secondary N) is 2. The molecule has 128 valence electrons. The van der Waals surface area contributed by atoms with E-state index in [-0.39, 0.29) is 0 Å². The molecule has 8 nitrogen and oxygen atoms in total. The fourth-order valence-corrected chi connectivity index (χ4v) is 1.41. The number of carbonyl (C=O) groups is 3. The standard InChI is InChI=1S/C14H26N2O6/c1-8(15-11(19)21-13(2,3)4)9(10(17)18)16-12(20)22-14(5,6)7/h8-9H,1-7H3,(H,15,19)(H,16,20)(H,17,18)/t8-,9-/m0/s1. The van der Waals surface area contributed by atoms with Crippen LogP contribution in [0.5, 0.6) is 0 Å². The summed E-state index contributed by atoms with van der Waals surface area (Å²) in [5, 5.41) is 13.8. The third-order valence-corrected chi connectivity index (χ3v) is 2.18. The lowest BCUT2D eigenvalue weighted by Crippen LogP contribution is -2.55. The van der Waals surface area contributed by atoms with Crippen molar-refractivity contribution in [2.24, 2.45) is 0 Å². The van der Waals surface area contributed by atoms with Crippen molar-refractivity contribution in [2.75, 3.05) is 0 Å². The van der Waals surface area contributed by atoms with Crippen molar-refractivity contribution in [3.8, 4) is 0 Å². The molecule has 0 aromatic rings. The van der Waals surface area contributed by atoms with Crippen LogP contribution in [0, 0.1) is 0 Å². The van der Waals surface area contributed by atoms with Gasteiger partial charge in [-0.3, -0.25) is 0 Å². The largest absolute Gasteiger partial charge is 0.480 e. The molecule has 0 aliphatic rings. The topological polar surface area (TPSA) is 114 Å². The van der Waals surface area contributed by atoms with Crippen molar-refractivity contribution in [3.63, 3.8) is 0 Å². The Hall–Kier alpha value is -1.99. The molecular formula is C14H26N2O6. The van der Waals surface area contributed by atoms with Gasteiger partial charge in [0.25, 0.3) is 0 Å². The van der Waals surface area contributed by atoms with Crippen LogP contribution in [0.4, 0.5) is 9.59 Å². The number of carbonyl (C=O) groups excluding carboxylic acids is 2. The van der Waals surface area contributed by atoms with Gasteiger partial charge in [0, 0.05) is 0 Å². The number of ether oxygens (including phenoxy) is 2. The number of carboxylic acids is 1. The number of amides is 2. The molecule has 0 radical (unpaired) electrons. The van der Waals surface area contributed by atoms with Crippen molar-refractivity contribution < 1.29 is 29.0 Å². The number of carboxylic acid groups (broad SMARTS) is 1. The SMILES string of the molecule is C[C@H](NC(=O)OC(C)(C)C)[C@H](NC(=O)OC(C)(C)C)C(=O)O. The van der Waals surface area contributed by atoms with E-state index in [1.807, 2.05) is 0 Å². The van der Waals surface area contributed by atoms with Gasteiger partial charge in [-0.15, -0.1) is 0 Å². The predicted octanol–water partition coefficient (Wildman–Crippen LogP) is 1.88. The zero-order valence-corrected chi connectivity index (χ0v) is 14.1. The molecule has 2 atom stereocenters. The first-order valence-corrected chi connectivity index (χ1v) is 6.93. The van der Waals surface area contributed by atoms with E-state index in [1.165, 1.54) is 6.92 Å². The second kappa shape index (κ2) is 7.33. The fourth-order valence-electron chi connectivity index (χ4n) is 1.41. The van der Waals surface area contributed by atoms with Crippen LogP contribution >= 0.6 is 0 Å². The Morgan fingerprint density at radius 1 is 0.864 bits per heavy atom. The maximum Gasteiger partial charge on any atom is 0.408 e. The molecule has 0 aromatic heterocycles. The minimum absolute atomic E-state index is 0.707. The average molecular weight is 318 g/mol. The maximum atomic E-state index is 11.7. The van der Waals surface area contributed by atoms with E-state index < -0.39 is 41.4 Å². The summed E-state index contributed by atoms with van der Waals surface area (Å²) in [6.07, 6.45) is -1.64. The molecule has 0 heterocycles. The number of hydrogen-bond acceptors (Lipinski definition) is 5. The van der Waals surface area contributed by atoms with Crippen LogP contribution in [-0.2, 0) is 14.3 Å². The Kier molecular flexibility index (Phi) is 6.66. The molecule has 0 aliphatic heterocycles. The molecule has 0 rings (SSSR count). The Morgan fingerprint density at radius 2 is 1.23 bits per heavy atom. The lowest BCUT2D eigenvalue weighted by atomic mass is 10.1. The smallest absolute Gasteiger partial charge is 0.408 e. The fraction of sp³-hybridized carbons (Fsp3) is 0.786. The van der Waals surface area contributed by atoms with Gasteiger partial charge in [-0.2, -0.15) is 0 Å². The Bertz CT molecular complexity index is 422. The quantitative estimate of drug-likeness (QED) is 0.729. The molecule has 8 heteroatoms. The van der Waals surface area contributed by atoms with Crippen LogP contribution in [0.15, 0.2) is 0 Å².